The number of hydrogen-bond acceptors (Lipinski definition) is 2. The summed E-state index contributed by atoms with van der Waals surface area (Å²) >= 11 is 5.87. The molecule has 0 aliphatic rings. The molecule has 0 nitrogen and oxygen atoms in total. The molecule has 0 bridgehead atoms. The van der Waals surface area contributed by atoms with E-state index < -0.39 is 0 Å². The molecule has 2 rings (SSSR count). The highest BCUT2D eigenvalue weighted by molar-refractivity contribution is 7.80. The summed E-state index contributed by atoms with van der Waals surface area (Å²) in [6, 6.07) is 8.47. The molecular formula is C12H10S2. The van der Waals surface area contributed by atoms with Crippen LogP contribution in [0.3, 0.4) is 0 Å². The monoisotopic (exact) mass is 218 g/mol. The van der Waals surface area contributed by atoms with E-state index >= 15 is 0 Å². The SMILES string of the molecule is SCCC#Cc1ccc2ccsc2c1. The summed E-state index contributed by atoms with van der Waals surface area (Å²) in [4.78, 5) is 0. The van der Waals surface area contributed by atoms with Gasteiger partial charge in [0.15, 0.2) is 0 Å². The van der Waals surface area contributed by atoms with Gasteiger partial charge in [-0.3, -0.25) is 0 Å². The van der Waals surface area contributed by atoms with E-state index in [1.165, 1.54) is 10.1 Å². The Hall–Kier alpha value is -0.910. The van der Waals surface area contributed by atoms with Gasteiger partial charge in [0.25, 0.3) is 0 Å². The van der Waals surface area contributed by atoms with E-state index in [1.807, 2.05) is 0 Å². The zero-order valence-corrected chi connectivity index (χ0v) is 9.37. The van der Waals surface area contributed by atoms with E-state index in [9.17, 15) is 0 Å². The summed E-state index contributed by atoms with van der Waals surface area (Å²) in [5.41, 5.74) is 1.10. The number of hydrogen-bond donors (Lipinski definition) is 1. The summed E-state index contributed by atoms with van der Waals surface area (Å²) in [7, 11) is 0. The van der Waals surface area contributed by atoms with E-state index in [1.54, 1.807) is 11.3 Å². The van der Waals surface area contributed by atoms with Gasteiger partial charge in [-0.2, -0.15) is 12.6 Å². The molecule has 0 N–H and O–H groups in total. The van der Waals surface area contributed by atoms with Gasteiger partial charge < -0.3 is 0 Å². The van der Waals surface area contributed by atoms with Crippen molar-refractivity contribution >= 4 is 34.1 Å². The molecule has 1 aromatic carbocycles. The van der Waals surface area contributed by atoms with E-state index in [0.29, 0.717) is 0 Å². The van der Waals surface area contributed by atoms with Gasteiger partial charge in [-0.15, -0.1) is 11.3 Å². The Morgan fingerprint density at radius 3 is 3.07 bits per heavy atom. The van der Waals surface area contributed by atoms with Crippen molar-refractivity contribution in [3.05, 3.63) is 35.2 Å². The number of thiophene rings is 1. The maximum atomic E-state index is 4.12. The number of rotatable bonds is 1. The van der Waals surface area contributed by atoms with Crippen molar-refractivity contribution in [2.24, 2.45) is 0 Å². The zero-order valence-electron chi connectivity index (χ0n) is 7.66. The van der Waals surface area contributed by atoms with Crippen molar-refractivity contribution < 1.29 is 0 Å². The predicted molar refractivity (Wildman–Crippen MR) is 67.2 cm³/mol. The molecule has 0 amide bonds. The second kappa shape index (κ2) is 4.54. The third-order valence-electron chi connectivity index (χ3n) is 1.93. The summed E-state index contributed by atoms with van der Waals surface area (Å²) in [5, 5.41) is 3.41. The Balaban J connectivity index is 2.31. The van der Waals surface area contributed by atoms with E-state index in [-0.39, 0.29) is 0 Å². The Morgan fingerprint density at radius 1 is 1.29 bits per heavy atom. The Bertz CT molecular complexity index is 485. The van der Waals surface area contributed by atoms with Gasteiger partial charge >= 0.3 is 0 Å². The van der Waals surface area contributed by atoms with Crippen LogP contribution in [0.25, 0.3) is 10.1 Å². The maximum Gasteiger partial charge on any atom is 0.0355 e. The molecule has 0 spiro atoms. The molecule has 0 fully saturated rings. The standard InChI is InChI=1S/C12H10S2/c13-7-2-1-3-10-4-5-11-6-8-14-12(11)9-10/h4-6,8-9,13H,2,7H2. The quantitative estimate of drug-likeness (QED) is 0.549. The van der Waals surface area contributed by atoms with E-state index in [4.69, 9.17) is 0 Å². The second-order valence-corrected chi connectivity index (χ2v) is 4.34. The van der Waals surface area contributed by atoms with Crippen LogP contribution in [0, 0.1) is 11.8 Å². The van der Waals surface area contributed by atoms with Gasteiger partial charge in [0.1, 0.15) is 0 Å². The molecule has 1 aromatic heterocycles. The third-order valence-corrected chi connectivity index (χ3v) is 3.03. The van der Waals surface area contributed by atoms with Crippen molar-refractivity contribution in [2.75, 3.05) is 5.75 Å². The second-order valence-electron chi connectivity index (χ2n) is 2.95. The summed E-state index contributed by atoms with van der Waals surface area (Å²) in [6.45, 7) is 0. The summed E-state index contributed by atoms with van der Waals surface area (Å²) < 4.78 is 1.31. The Morgan fingerprint density at radius 2 is 2.21 bits per heavy atom. The average Bonchev–Trinajstić information content (AvgIpc) is 2.65. The molecule has 0 atom stereocenters. The van der Waals surface area contributed by atoms with Crippen LogP contribution in [0.15, 0.2) is 29.6 Å². The van der Waals surface area contributed by atoms with E-state index in [2.05, 4.69) is 54.1 Å². The molecule has 1 heterocycles. The lowest BCUT2D eigenvalue weighted by Gasteiger charge is -1.90. The largest absolute Gasteiger partial charge is 0.178 e. The van der Waals surface area contributed by atoms with Gasteiger partial charge in [0, 0.05) is 22.4 Å². The summed E-state index contributed by atoms with van der Waals surface area (Å²) in [5.74, 6) is 7.05. The minimum absolute atomic E-state index is 0.828. The molecular weight excluding hydrogens is 208 g/mol. The van der Waals surface area contributed by atoms with Gasteiger partial charge in [-0.1, -0.05) is 17.9 Å². The van der Waals surface area contributed by atoms with Crippen LogP contribution >= 0.6 is 24.0 Å². The summed E-state index contributed by atoms with van der Waals surface area (Å²) in [6.07, 6.45) is 0.853. The normalized spacial score (nSPS) is 9.79. The molecule has 0 saturated carbocycles. The Labute approximate surface area is 93.4 Å². The Kier molecular flexibility index (Phi) is 3.13. The van der Waals surface area contributed by atoms with Crippen molar-refractivity contribution in [1.29, 1.82) is 0 Å². The first kappa shape index (κ1) is 9.64. The molecule has 0 radical (unpaired) electrons. The first-order valence-corrected chi connectivity index (χ1v) is 5.98. The maximum absolute atomic E-state index is 4.12. The van der Waals surface area contributed by atoms with Crippen molar-refractivity contribution in [3.63, 3.8) is 0 Å². The number of thiol groups is 1. The number of benzene rings is 1. The van der Waals surface area contributed by atoms with Crippen LogP contribution < -0.4 is 0 Å². The van der Waals surface area contributed by atoms with Crippen LogP contribution in [-0.4, -0.2) is 5.75 Å². The molecule has 14 heavy (non-hydrogen) atoms. The van der Waals surface area contributed by atoms with Crippen molar-refractivity contribution in [2.45, 2.75) is 6.42 Å². The lowest BCUT2D eigenvalue weighted by atomic mass is 10.2. The molecule has 2 heteroatoms. The zero-order chi connectivity index (χ0) is 9.80. The lowest BCUT2D eigenvalue weighted by molar-refractivity contribution is 1.31. The first-order chi connectivity index (χ1) is 6.90. The molecule has 0 aliphatic heterocycles. The van der Waals surface area contributed by atoms with E-state index in [0.717, 1.165) is 17.7 Å². The smallest absolute Gasteiger partial charge is 0.0355 e. The minimum atomic E-state index is 0.828. The third kappa shape index (κ3) is 2.12. The van der Waals surface area contributed by atoms with Crippen LogP contribution in [0.1, 0.15) is 12.0 Å². The van der Waals surface area contributed by atoms with Crippen LogP contribution in [0.4, 0.5) is 0 Å². The average molecular weight is 218 g/mol. The fraction of sp³-hybridized carbons (Fsp3) is 0.167. The molecule has 0 aliphatic carbocycles. The highest BCUT2D eigenvalue weighted by Crippen LogP contribution is 2.21. The van der Waals surface area contributed by atoms with Crippen LogP contribution in [-0.2, 0) is 0 Å². The van der Waals surface area contributed by atoms with Crippen molar-refractivity contribution in [1.82, 2.24) is 0 Å². The van der Waals surface area contributed by atoms with Crippen molar-refractivity contribution in [3.8, 4) is 11.8 Å². The predicted octanol–water partition coefficient (Wildman–Crippen LogP) is 3.57. The van der Waals surface area contributed by atoms with Crippen LogP contribution in [0.2, 0.25) is 0 Å². The molecule has 0 saturated heterocycles. The first-order valence-electron chi connectivity index (χ1n) is 4.47. The molecule has 70 valence electrons. The highest BCUT2D eigenvalue weighted by Gasteiger charge is 1.94. The lowest BCUT2D eigenvalue weighted by Crippen LogP contribution is -1.73. The van der Waals surface area contributed by atoms with Gasteiger partial charge in [-0.25, -0.2) is 0 Å². The highest BCUT2D eigenvalue weighted by atomic mass is 32.1. The molecule has 2 aromatic rings. The van der Waals surface area contributed by atoms with Gasteiger partial charge in [0.2, 0.25) is 0 Å². The fourth-order valence-electron chi connectivity index (χ4n) is 1.25. The van der Waals surface area contributed by atoms with Gasteiger partial charge in [0.05, 0.1) is 0 Å². The minimum Gasteiger partial charge on any atom is -0.178 e. The molecule has 0 unspecified atom stereocenters. The fourth-order valence-corrected chi connectivity index (χ4v) is 2.19. The topological polar surface area (TPSA) is 0 Å². The van der Waals surface area contributed by atoms with Crippen LogP contribution in [0.5, 0.6) is 0 Å². The van der Waals surface area contributed by atoms with Gasteiger partial charge in [-0.05, 0) is 29.0 Å². The number of fused-ring (bicyclic) bond motifs is 1.